The molecule has 0 aliphatic heterocycles. The zero-order valence-corrected chi connectivity index (χ0v) is 13.6. The first kappa shape index (κ1) is 15.1. The summed E-state index contributed by atoms with van der Waals surface area (Å²) >= 11 is 3.45. The van der Waals surface area contributed by atoms with Gasteiger partial charge in [-0.3, -0.25) is 0 Å². The fourth-order valence-corrected chi connectivity index (χ4v) is 2.64. The molecular formula is C17H19BrO2. The lowest BCUT2D eigenvalue weighted by molar-refractivity contribution is 0.211. The first-order chi connectivity index (χ1) is 9.54. The van der Waals surface area contributed by atoms with Gasteiger partial charge in [0.2, 0.25) is 0 Å². The van der Waals surface area contributed by atoms with Gasteiger partial charge >= 0.3 is 0 Å². The number of rotatable bonds is 4. The molecule has 2 aromatic carbocycles. The van der Waals surface area contributed by atoms with Crippen LogP contribution in [0.15, 0.2) is 40.9 Å². The third-order valence-electron chi connectivity index (χ3n) is 3.51. The predicted octanol–water partition coefficient (Wildman–Crippen LogP) is 4.55. The Balaban J connectivity index is 2.49. The van der Waals surface area contributed by atoms with Crippen LogP contribution in [0.5, 0.6) is 5.75 Å². The van der Waals surface area contributed by atoms with Crippen molar-refractivity contribution in [2.45, 2.75) is 26.9 Å². The fourth-order valence-electron chi connectivity index (χ4n) is 2.26. The van der Waals surface area contributed by atoms with E-state index in [0.717, 1.165) is 26.9 Å². The smallest absolute Gasteiger partial charge is 0.125 e. The van der Waals surface area contributed by atoms with Crippen LogP contribution in [0.1, 0.15) is 35.3 Å². The molecule has 0 saturated heterocycles. The number of benzene rings is 2. The molecule has 0 aromatic heterocycles. The molecule has 0 amide bonds. The van der Waals surface area contributed by atoms with Gasteiger partial charge in [0.1, 0.15) is 11.9 Å². The van der Waals surface area contributed by atoms with Gasteiger partial charge in [-0.25, -0.2) is 0 Å². The maximum atomic E-state index is 10.7. The van der Waals surface area contributed by atoms with Crippen molar-refractivity contribution < 1.29 is 9.84 Å². The second-order valence-corrected chi connectivity index (χ2v) is 5.72. The van der Waals surface area contributed by atoms with Crippen molar-refractivity contribution in [1.29, 1.82) is 0 Å². The lowest BCUT2D eigenvalue weighted by atomic mass is 9.94. The zero-order valence-electron chi connectivity index (χ0n) is 12.0. The molecular weight excluding hydrogens is 316 g/mol. The minimum atomic E-state index is -0.686. The molecule has 0 heterocycles. The van der Waals surface area contributed by atoms with Crippen LogP contribution < -0.4 is 4.74 Å². The van der Waals surface area contributed by atoms with E-state index in [1.54, 1.807) is 0 Å². The zero-order chi connectivity index (χ0) is 14.7. The van der Waals surface area contributed by atoms with Crippen LogP contribution in [0.4, 0.5) is 0 Å². The molecule has 1 N–H and O–H groups in total. The molecule has 2 nitrogen and oxygen atoms in total. The summed E-state index contributed by atoms with van der Waals surface area (Å²) in [5.74, 6) is 0.726. The van der Waals surface area contributed by atoms with Gasteiger partial charge < -0.3 is 9.84 Å². The average molecular weight is 335 g/mol. The molecule has 1 atom stereocenters. The average Bonchev–Trinajstić information content (AvgIpc) is 2.43. The van der Waals surface area contributed by atoms with E-state index in [-0.39, 0.29) is 0 Å². The summed E-state index contributed by atoms with van der Waals surface area (Å²) in [6.45, 7) is 6.60. The van der Waals surface area contributed by atoms with Gasteiger partial charge in [-0.2, -0.15) is 0 Å². The lowest BCUT2D eigenvalue weighted by Gasteiger charge is -2.19. The molecule has 2 rings (SSSR count). The van der Waals surface area contributed by atoms with Crippen molar-refractivity contribution in [2.75, 3.05) is 6.61 Å². The van der Waals surface area contributed by atoms with E-state index >= 15 is 0 Å². The molecule has 20 heavy (non-hydrogen) atoms. The molecule has 0 aliphatic rings. The minimum Gasteiger partial charge on any atom is -0.493 e. The second-order valence-electron chi connectivity index (χ2n) is 4.81. The number of aryl methyl sites for hydroxylation is 1. The van der Waals surface area contributed by atoms with Crippen molar-refractivity contribution in [3.63, 3.8) is 0 Å². The Bertz CT molecular complexity index is 608. The van der Waals surface area contributed by atoms with Crippen LogP contribution in [0.25, 0.3) is 0 Å². The fraction of sp³-hybridized carbons (Fsp3) is 0.294. The Morgan fingerprint density at radius 1 is 1.15 bits per heavy atom. The van der Waals surface area contributed by atoms with Crippen molar-refractivity contribution >= 4 is 15.9 Å². The summed E-state index contributed by atoms with van der Waals surface area (Å²) in [5, 5.41) is 10.7. The quantitative estimate of drug-likeness (QED) is 0.888. The van der Waals surface area contributed by atoms with Crippen LogP contribution in [-0.2, 0) is 0 Å². The highest BCUT2D eigenvalue weighted by Crippen LogP contribution is 2.34. The van der Waals surface area contributed by atoms with E-state index in [2.05, 4.69) is 28.9 Å². The molecule has 1 unspecified atom stereocenters. The monoisotopic (exact) mass is 334 g/mol. The largest absolute Gasteiger partial charge is 0.493 e. The molecule has 2 aromatic rings. The first-order valence-corrected chi connectivity index (χ1v) is 7.50. The molecule has 0 spiro atoms. The van der Waals surface area contributed by atoms with E-state index in [1.165, 1.54) is 5.56 Å². The normalized spacial score (nSPS) is 12.2. The first-order valence-electron chi connectivity index (χ1n) is 6.71. The van der Waals surface area contributed by atoms with E-state index < -0.39 is 6.10 Å². The Hall–Kier alpha value is -1.32. The van der Waals surface area contributed by atoms with Crippen molar-refractivity contribution in [2.24, 2.45) is 0 Å². The summed E-state index contributed by atoms with van der Waals surface area (Å²) in [5.41, 5.74) is 4.00. The van der Waals surface area contributed by atoms with Gasteiger partial charge in [0.15, 0.2) is 0 Å². The van der Waals surface area contributed by atoms with Crippen molar-refractivity contribution in [1.82, 2.24) is 0 Å². The predicted molar refractivity (Wildman–Crippen MR) is 85.3 cm³/mol. The number of ether oxygens (including phenoxy) is 1. The van der Waals surface area contributed by atoms with Crippen LogP contribution >= 0.6 is 15.9 Å². The van der Waals surface area contributed by atoms with Crippen LogP contribution in [0.3, 0.4) is 0 Å². The summed E-state index contributed by atoms with van der Waals surface area (Å²) < 4.78 is 6.55. The highest BCUT2D eigenvalue weighted by molar-refractivity contribution is 9.10. The maximum absolute atomic E-state index is 10.7. The standard InChI is InChI=1S/C17H19BrO2/c1-4-20-16-9-8-13(18)10-15(16)17(19)14-7-5-6-11(2)12(14)3/h5-10,17,19H,4H2,1-3H3. The van der Waals surface area contributed by atoms with Gasteiger partial charge in [0, 0.05) is 10.0 Å². The number of hydrogen-bond acceptors (Lipinski definition) is 2. The highest BCUT2D eigenvalue weighted by Gasteiger charge is 2.18. The van der Waals surface area contributed by atoms with Gasteiger partial charge in [-0.1, -0.05) is 34.1 Å². The topological polar surface area (TPSA) is 29.5 Å². The van der Waals surface area contributed by atoms with Gasteiger partial charge in [-0.15, -0.1) is 0 Å². The van der Waals surface area contributed by atoms with E-state index in [0.29, 0.717) is 6.61 Å². The summed E-state index contributed by atoms with van der Waals surface area (Å²) in [6.07, 6.45) is -0.686. The van der Waals surface area contributed by atoms with E-state index in [9.17, 15) is 5.11 Å². The summed E-state index contributed by atoms with van der Waals surface area (Å²) in [7, 11) is 0. The molecule has 0 fully saturated rings. The Morgan fingerprint density at radius 2 is 1.90 bits per heavy atom. The Labute approximate surface area is 128 Å². The SMILES string of the molecule is CCOc1ccc(Br)cc1C(O)c1cccc(C)c1C. The van der Waals surface area contributed by atoms with Crippen LogP contribution in [0.2, 0.25) is 0 Å². The third kappa shape index (κ3) is 3.05. The van der Waals surface area contributed by atoms with Crippen LogP contribution in [-0.4, -0.2) is 11.7 Å². The summed E-state index contributed by atoms with van der Waals surface area (Å²) in [6, 6.07) is 11.7. The van der Waals surface area contributed by atoms with Crippen molar-refractivity contribution in [3.8, 4) is 5.75 Å². The molecule has 106 valence electrons. The number of aliphatic hydroxyl groups excluding tert-OH is 1. The van der Waals surface area contributed by atoms with E-state index in [1.807, 2.05) is 44.2 Å². The number of halogens is 1. The lowest BCUT2D eigenvalue weighted by Crippen LogP contribution is -2.06. The van der Waals surface area contributed by atoms with E-state index in [4.69, 9.17) is 4.74 Å². The molecule has 0 radical (unpaired) electrons. The van der Waals surface area contributed by atoms with Gasteiger partial charge in [0.25, 0.3) is 0 Å². The molecule has 0 aliphatic carbocycles. The second kappa shape index (κ2) is 6.42. The maximum Gasteiger partial charge on any atom is 0.125 e. The van der Waals surface area contributed by atoms with Crippen LogP contribution in [0, 0.1) is 13.8 Å². The van der Waals surface area contributed by atoms with Crippen molar-refractivity contribution in [3.05, 3.63) is 63.1 Å². The Kier molecular flexibility index (Phi) is 4.84. The highest BCUT2D eigenvalue weighted by atomic mass is 79.9. The molecule has 0 saturated carbocycles. The van der Waals surface area contributed by atoms with Gasteiger partial charge in [0.05, 0.1) is 6.61 Å². The molecule has 0 bridgehead atoms. The summed E-state index contributed by atoms with van der Waals surface area (Å²) in [4.78, 5) is 0. The number of aliphatic hydroxyl groups is 1. The molecule has 3 heteroatoms. The van der Waals surface area contributed by atoms with Gasteiger partial charge in [-0.05, 0) is 55.7 Å². The minimum absolute atomic E-state index is 0.578. The Morgan fingerprint density at radius 3 is 2.60 bits per heavy atom. The third-order valence-corrected chi connectivity index (χ3v) is 4.00. The number of hydrogen-bond donors (Lipinski definition) is 1.